The molecule has 0 atom stereocenters. The maximum atomic E-state index is 14.6. The SMILES string of the molecule is O=C(O)Cn1nc(C(=O)Nc2cc(Cl)c(F)c(CNC(=O)CNC3CCC(O)CC3)c2)c2ccccc21. The van der Waals surface area contributed by atoms with Crippen LogP contribution in [0.2, 0.25) is 5.02 Å². The second kappa shape index (κ2) is 11.7. The van der Waals surface area contributed by atoms with Crippen LogP contribution in [0.25, 0.3) is 10.9 Å². The maximum absolute atomic E-state index is 14.6. The van der Waals surface area contributed by atoms with E-state index in [9.17, 15) is 23.9 Å². The van der Waals surface area contributed by atoms with Crippen molar-refractivity contribution in [2.24, 2.45) is 0 Å². The third kappa shape index (κ3) is 6.62. The molecule has 10 nitrogen and oxygen atoms in total. The Morgan fingerprint density at radius 1 is 1.14 bits per heavy atom. The Labute approximate surface area is 216 Å². The molecule has 12 heteroatoms. The number of fused-ring (bicyclic) bond motifs is 1. The van der Waals surface area contributed by atoms with Gasteiger partial charge in [-0.05, 0) is 43.9 Å². The maximum Gasteiger partial charge on any atom is 0.325 e. The lowest BCUT2D eigenvalue weighted by Gasteiger charge is -2.26. The largest absolute Gasteiger partial charge is 0.480 e. The molecule has 37 heavy (non-hydrogen) atoms. The first-order valence-corrected chi connectivity index (χ1v) is 12.2. The number of nitrogens with one attached hydrogen (secondary N) is 3. The Hall–Kier alpha value is -3.54. The smallest absolute Gasteiger partial charge is 0.325 e. The van der Waals surface area contributed by atoms with E-state index < -0.39 is 24.2 Å². The van der Waals surface area contributed by atoms with Crippen molar-refractivity contribution in [1.29, 1.82) is 0 Å². The number of hydrogen-bond donors (Lipinski definition) is 5. The number of anilines is 1. The standard InChI is InChI=1S/C25H27ClFN5O5/c26-19-10-16(30-25(37)24-18-3-1-2-4-20(18)32(31-24)13-22(35)36)9-14(23(19)27)11-29-21(34)12-28-15-5-7-17(33)8-6-15/h1-4,9-10,15,17,28,33H,5-8,11-13H2,(H,29,34)(H,30,37)(H,35,36). The first-order valence-electron chi connectivity index (χ1n) is 11.9. The van der Waals surface area contributed by atoms with Gasteiger partial charge in [0.1, 0.15) is 12.4 Å². The lowest BCUT2D eigenvalue weighted by Crippen LogP contribution is -2.41. The van der Waals surface area contributed by atoms with Gasteiger partial charge in [0.2, 0.25) is 5.91 Å². The number of carboxylic acids is 1. The zero-order valence-electron chi connectivity index (χ0n) is 19.8. The Kier molecular flexibility index (Phi) is 8.37. The first-order chi connectivity index (χ1) is 17.7. The van der Waals surface area contributed by atoms with E-state index in [-0.39, 0.29) is 53.1 Å². The number of nitrogens with zero attached hydrogens (tertiary/aromatic N) is 2. The minimum Gasteiger partial charge on any atom is -0.480 e. The number of carboxylic acid groups (broad SMARTS) is 1. The molecule has 1 aliphatic carbocycles. The summed E-state index contributed by atoms with van der Waals surface area (Å²) in [7, 11) is 0. The van der Waals surface area contributed by atoms with Gasteiger partial charge in [-0.2, -0.15) is 5.10 Å². The number of halogens is 2. The molecule has 0 radical (unpaired) electrons. The number of aliphatic carboxylic acids is 1. The monoisotopic (exact) mass is 531 g/mol. The third-order valence-corrected chi connectivity index (χ3v) is 6.52. The summed E-state index contributed by atoms with van der Waals surface area (Å²) < 4.78 is 15.8. The van der Waals surface area contributed by atoms with E-state index in [2.05, 4.69) is 21.0 Å². The van der Waals surface area contributed by atoms with Gasteiger partial charge in [0, 0.05) is 29.2 Å². The van der Waals surface area contributed by atoms with Gasteiger partial charge in [0.25, 0.3) is 5.91 Å². The molecule has 0 unspecified atom stereocenters. The van der Waals surface area contributed by atoms with Crippen LogP contribution in [-0.4, -0.2) is 56.5 Å². The minimum absolute atomic E-state index is 0.00783. The molecule has 196 valence electrons. The Bertz CT molecular complexity index is 1320. The number of aliphatic hydroxyl groups is 1. The van der Waals surface area contributed by atoms with Crippen LogP contribution in [0, 0.1) is 5.82 Å². The summed E-state index contributed by atoms with van der Waals surface area (Å²) in [5.74, 6) is -2.78. The van der Waals surface area contributed by atoms with Crippen LogP contribution in [0.15, 0.2) is 36.4 Å². The highest BCUT2D eigenvalue weighted by Crippen LogP contribution is 2.26. The van der Waals surface area contributed by atoms with Gasteiger partial charge in [-0.15, -0.1) is 0 Å². The van der Waals surface area contributed by atoms with Crippen LogP contribution in [0.3, 0.4) is 0 Å². The van der Waals surface area contributed by atoms with Crippen molar-refractivity contribution < 1.29 is 29.0 Å². The van der Waals surface area contributed by atoms with E-state index in [1.807, 2.05) is 0 Å². The number of carbonyl (C=O) groups is 3. The summed E-state index contributed by atoms with van der Waals surface area (Å²) in [4.78, 5) is 36.4. The predicted octanol–water partition coefficient (Wildman–Crippen LogP) is 2.67. The Morgan fingerprint density at radius 3 is 2.59 bits per heavy atom. The van der Waals surface area contributed by atoms with E-state index >= 15 is 0 Å². The highest BCUT2D eigenvalue weighted by molar-refractivity contribution is 6.31. The number of amides is 2. The topological polar surface area (TPSA) is 146 Å². The van der Waals surface area contributed by atoms with Crippen LogP contribution in [-0.2, 0) is 22.7 Å². The second-order valence-electron chi connectivity index (χ2n) is 8.97. The van der Waals surface area contributed by atoms with Crippen LogP contribution < -0.4 is 16.0 Å². The Balaban J connectivity index is 1.42. The van der Waals surface area contributed by atoms with Gasteiger partial charge in [0.15, 0.2) is 5.69 Å². The third-order valence-electron chi connectivity index (χ3n) is 6.24. The summed E-state index contributed by atoms with van der Waals surface area (Å²) in [6.07, 6.45) is 2.66. The Morgan fingerprint density at radius 2 is 1.86 bits per heavy atom. The number of para-hydroxylation sites is 1. The van der Waals surface area contributed by atoms with E-state index in [1.54, 1.807) is 24.3 Å². The molecule has 4 rings (SSSR count). The van der Waals surface area contributed by atoms with E-state index in [1.165, 1.54) is 16.8 Å². The van der Waals surface area contributed by atoms with Crippen molar-refractivity contribution in [1.82, 2.24) is 20.4 Å². The number of carbonyl (C=O) groups excluding carboxylic acids is 2. The van der Waals surface area contributed by atoms with Crippen molar-refractivity contribution in [2.75, 3.05) is 11.9 Å². The zero-order chi connectivity index (χ0) is 26.5. The van der Waals surface area contributed by atoms with Crippen molar-refractivity contribution in [3.05, 3.63) is 58.5 Å². The molecule has 1 aliphatic rings. The molecule has 2 aromatic carbocycles. The van der Waals surface area contributed by atoms with Gasteiger partial charge in [0.05, 0.1) is 23.2 Å². The number of benzene rings is 2. The molecule has 5 N–H and O–H groups in total. The molecule has 1 saturated carbocycles. The number of aromatic nitrogens is 2. The molecule has 3 aromatic rings. The number of rotatable bonds is 9. The van der Waals surface area contributed by atoms with E-state index in [0.717, 1.165) is 12.8 Å². The van der Waals surface area contributed by atoms with E-state index in [0.29, 0.717) is 23.7 Å². The fourth-order valence-electron chi connectivity index (χ4n) is 4.35. The number of hydrogen-bond acceptors (Lipinski definition) is 6. The summed E-state index contributed by atoms with van der Waals surface area (Å²) >= 11 is 6.04. The lowest BCUT2D eigenvalue weighted by atomic mass is 9.93. The van der Waals surface area contributed by atoms with Crippen LogP contribution in [0.5, 0.6) is 0 Å². The normalized spacial score (nSPS) is 17.5. The summed E-state index contributed by atoms with van der Waals surface area (Å²) in [5.41, 5.74) is 0.761. The quantitative estimate of drug-likeness (QED) is 0.285. The average molecular weight is 532 g/mol. The highest BCUT2D eigenvalue weighted by Gasteiger charge is 2.21. The molecule has 0 aliphatic heterocycles. The van der Waals surface area contributed by atoms with Crippen LogP contribution in [0.1, 0.15) is 41.7 Å². The van der Waals surface area contributed by atoms with Crippen molar-refractivity contribution in [2.45, 2.75) is 50.9 Å². The molecule has 1 aromatic heterocycles. The lowest BCUT2D eigenvalue weighted by molar-refractivity contribution is -0.137. The van der Waals surface area contributed by atoms with Gasteiger partial charge in [-0.3, -0.25) is 19.1 Å². The fourth-order valence-corrected chi connectivity index (χ4v) is 4.59. The predicted molar refractivity (Wildman–Crippen MR) is 135 cm³/mol. The second-order valence-corrected chi connectivity index (χ2v) is 9.37. The minimum atomic E-state index is -1.11. The molecular formula is C25H27ClFN5O5. The average Bonchev–Trinajstić information content (AvgIpc) is 3.23. The van der Waals surface area contributed by atoms with Gasteiger partial charge < -0.3 is 26.2 Å². The molecule has 0 saturated heterocycles. The van der Waals surface area contributed by atoms with Gasteiger partial charge >= 0.3 is 5.97 Å². The summed E-state index contributed by atoms with van der Waals surface area (Å²) in [6.45, 7) is -0.508. The molecule has 0 spiro atoms. The summed E-state index contributed by atoms with van der Waals surface area (Å²) in [6, 6.07) is 9.48. The summed E-state index contributed by atoms with van der Waals surface area (Å²) in [5, 5.41) is 31.5. The first kappa shape index (κ1) is 26.5. The molecule has 2 amide bonds. The van der Waals surface area contributed by atoms with Crippen LogP contribution >= 0.6 is 11.6 Å². The van der Waals surface area contributed by atoms with Crippen LogP contribution in [0.4, 0.5) is 10.1 Å². The highest BCUT2D eigenvalue weighted by atomic mass is 35.5. The fraction of sp³-hybridized carbons (Fsp3) is 0.360. The van der Waals surface area contributed by atoms with Crippen molar-refractivity contribution in [3.63, 3.8) is 0 Å². The number of aliphatic hydroxyl groups excluding tert-OH is 1. The molecule has 0 bridgehead atoms. The zero-order valence-corrected chi connectivity index (χ0v) is 20.6. The van der Waals surface area contributed by atoms with Crippen molar-refractivity contribution >= 4 is 46.0 Å². The molecular weight excluding hydrogens is 505 g/mol. The van der Waals surface area contributed by atoms with Crippen molar-refractivity contribution in [3.8, 4) is 0 Å². The van der Waals surface area contributed by atoms with Gasteiger partial charge in [-0.25, -0.2) is 4.39 Å². The molecule has 1 fully saturated rings. The van der Waals surface area contributed by atoms with E-state index in [4.69, 9.17) is 16.7 Å². The molecule has 1 heterocycles. The van der Waals surface area contributed by atoms with Gasteiger partial charge in [-0.1, -0.05) is 29.8 Å².